The molecule has 1 N–H and O–H groups in total. The van der Waals surface area contributed by atoms with Gasteiger partial charge in [0.1, 0.15) is 12.1 Å². The molecule has 1 aliphatic rings. The third kappa shape index (κ3) is 2.96. The number of aryl methyl sites for hydroxylation is 1. The number of aromatic nitrogens is 3. The highest BCUT2D eigenvalue weighted by Crippen LogP contribution is 2.30. The molecule has 4 rings (SSSR count). The number of pyridine rings is 1. The highest BCUT2D eigenvalue weighted by molar-refractivity contribution is 5.92. The van der Waals surface area contributed by atoms with E-state index < -0.39 is 0 Å². The number of benzene rings is 1. The van der Waals surface area contributed by atoms with Crippen LogP contribution in [0.5, 0.6) is 0 Å². The molecule has 2 heterocycles. The Hall–Kier alpha value is -2.49. The lowest BCUT2D eigenvalue weighted by molar-refractivity contribution is 0.462. The molecule has 0 aliphatic heterocycles. The van der Waals surface area contributed by atoms with Crippen LogP contribution in [0, 0.1) is 6.92 Å². The number of anilines is 1. The van der Waals surface area contributed by atoms with Crippen LogP contribution in [0.3, 0.4) is 0 Å². The van der Waals surface area contributed by atoms with Crippen LogP contribution < -0.4 is 5.32 Å². The van der Waals surface area contributed by atoms with Crippen molar-refractivity contribution in [1.29, 1.82) is 0 Å². The number of rotatable bonds is 3. The summed E-state index contributed by atoms with van der Waals surface area (Å²) in [7, 11) is 0. The van der Waals surface area contributed by atoms with Gasteiger partial charge in [-0.15, -0.1) is 0 Å². The second-order valence-electron chi connectivity index (χ2n) is 6.62. The van der Waals surface area contributed by atoms with Gasteiger partial charge in [-0.2, -0.15) is 0 Å². The molecule has 1 fully saturated rings. The zero-order valence-electron chi connectivity index (χ0n) is 14.0. The van der Waals surface area contributed by atoms with Gasteiger partial charge in [-0.1, -0.05) is 25.3 Å². The van der Waals surface area contributed by atoms with Gasteiger partial charge in [0.2, 0.25) is 0 Å². The lowest BCUT2D eigenvalue weighted by Gasteiger charge is -2.23. The minimum atomic E-state index is 0.531. The summed E-state index contributed by atoms with van der Waals surface area (Å²) in [6, 6.07) is 9.00. The smallest absolute Gasteiger partial charge is 0.137 e. The van der Waals surface area contributed by atoms with Crippen molar-refractivity contribution in [3.63, 3.8) is 0 Å². The number of hydrogen-bond donors (Lipinski definition) is 1. The lowest BCUT2D eigenvalue weighted by atomic mass is 9.95. The summed E-state index contributed by atoms with van der Waals surface area (Å²) in [5, 5.41) is 4.75. The van der Waals surface area contributed by atoms with Crippen molar-refractivity contribution in [2.75, 3.05) is 5.32 Å². The molecular weight excluding hydrogens is 296 g/mol. The van der Waals surface area contributed by atoms with Gasteiger partial charge in [-0.05, 0) is 54.7 Å². The van der Waals surface area contributed by atoms with E-state index in [4.69, 9.17) is 0 Å². The number of fused-ring (bicyclic) bond motifs is 1. The molecule has 3 aromatic rings. The summed E-state index contributed by atoms with van der Waals surface area (Å²) in [6.45, 7) is 2.09. The number of nitrogens with zero attached hydrogens (tertiary/aromatic N) is 3. The highest BCUT2D eigenvalue weighted by atomic mass is 15.0. The van der Waals surface area contributed by atoms with Crippen molar-refractivity contribution in [1.82, 2.24) is 15.0 Å². The van der Waals surface area contributed by atoms with Gasteiger partial charge in [0, 0.05) is 23.8 Å². The fourth-order valence-corrected chi connectivity index (χ4v) is 3.58. The summed E-state index contributed by atoms with van der Waals surface area (Å²) in [5.74, 6) is 0.959. The van der Waals surface area contributed by atoms with Gasteiger partial charge in [0.25, 0.3) is 0 Å². The van der Waals surface area contributed by atoms with E-state index >= 15 is 0 Å². The Kier molecular flexibility index (Phi) is 4.11. The minimum absolute atomic E-state index is 0.531. The molecular formula is C20H22N4. The van der Waals surface area contributed by atoms with Crippen LogP contribution in [-0.4, -0.2) is 21.0 Å². The van der Waals surface area contributed by atoms with Gasteiger partial charge in [0.15, 0.2) is 0 Å². The molecule has 0 amide bonds. The molecule has 0 radical (unpaired) electrons. The first kappa shape index (κ1) is 15.1. The van der Waals surface area contributed by atoms with Gasteiger partial charge < -0.3 is 5.32 Å². The van der Waals surface area contributed by atoms with Crippen LogP contribution in [0.1, 0.15) is 37.7 Å². The molecule has 1 aromatic carbocycles. The molecule has 4 heteroatoms. The normalized spacial score (nSPS) is 15.5. The van der Waals surface area contributed by atoms with E-state index in [-0.39, 0.29) is 0 Å². The summed E-state index contributed by atoms with van der Waals surface area (Å²) in [5.41, 5.74) is 4.55. The average molecular weight is 318 g/mol. The van der Waals surface area contributed by atoms with Crippen molar-refractivity contribution in [3.05, 3.63) is 48.5 Å². The van der Waals surface area contributed by atoms with Crippen LogP contribution in [-0.2, 0) is 0 Å². The van der Waals surface area contributed by atoms with Crippen molar-refractivity contribution >= 4 is 16.7 Å². The zero-order valence-corrected chi connectivity index (χ0v) is 14.0. The van der Waals surface area contributed by atoms with Crippen LogP contribution in [0.2, 0.25) is 0 Å². The molecule has 24 heavy (non-hydrogen) atoms. The summed E-state index contributed by atoms with van der Waals surface area (Å²) < 4.78 is 0. The molecule has 122 valence electrons. The Morgan fingerprint density at radius 1 is 1.04 bits per heavy atom. The van der Waals surface area contributed by atoms with Crippen molar-refractivity contribution < 1.29 is 0 Å². The third-order valence-electron chi connectivity index (χ3n) is 4.91. The standard InChI is InChI=1S/C20H22N4/c1-14-12-21-10-9-17(14)15-7-8-19-18(11-15)20(23-13-22-19)24-16-5-3-2-4-6-16/h7-13,16H,2-6H2,1H3,(H,22,23,24). The van der Waals surface area contributed by atoms with Crippen LogP contribution >= 0.6 is 0 Å². The average Bonchev–Trinajstić information content (AvgIpc) is 2.63. The Morgan fingerprint density at radius 3 is 2.75 bits per heavy atom. The molecule has 2 aromatic heterocycles. The van der Waals surface area contributed by atoms with Crippen LogP contribution in [0.25, 0.3) is 22.0 Å². The van der Waals surface area contributed by atoms with E-state index in [2.05, 4.69) is 51.5 Å². The van der Waals surface area contributed by atoms with Gasteiger partial charge in [-0.3, -0.25) is 4.98 Å². The summed E-state index contributed by atoms with van der Waals surface area (Å²) in [6.07, 6.45) is 11.8. The maximum absolute atomic E-state index is 4.52. The molecule has 0 spiro atoms. The first-order chi connectivity index (χ1) is 11.8. The fraction of sp³-hybridized carbons (Fsp3) is 0.350. The Labute approximate surface area is 142 Å². The topological polar surface area (TPSA) is 50.7 Å². The zero-order chi connectivity index (χ0) is 16.4. The molecule has 4 nitrogen and oxygen atoms in total. The largest absolute Gasteiger partial charge is 0.367 e. The molecule has 1 aliphatic carbocycles. The highest BCUT2D eigenvalue weighted by Gasteiger charge is 2.15. The number of nitrogens with one attached hydrogen (secondary N) is 1. The minimum Gasteiger partial charge on any atom is -0.367 e. The van der Waals surface area contributed by atoms with E-state index in [9.17, 15) is 0 Å². The SMILES string of the molecule is Cc1cnccc1-c1ccc2ncnc(NC3CCCCC3)c2c1. The fourth-order valence-electron chi connectivity index (χ4n) is 3.58. The Bertz CT molecular complexity index is 853. The number of hydrogen-bond acceptors (Lipinski definition) is 4. The van der Waals surface area contributed by atoms with Gasteiger partial charge in [0.05, 0.1) is 5.52 Å². The summed E-state index contributed by atoms with van der Waals surface area (Å²) in [4.78, 5) is 13.1. The summed E-state index contributed by atoms with van der Waals surface area (Å²) >= 11 is 0. The van der Waals surface area contributed by atoms with E-state index in [0.717, 1.165) is 16.7 Å². The van der Waals surface area contributed by atoms with E-state index in [1.54, 1.807) is 6.33 Å². The molecule has 1 saturated carbocycles. The second kappa shape index (κ2) is 6.56. The molecule has 0 unspecified atom stereocenters. The maximum Gasteiger partial charge on any atom is 0.137 e. The van der Waals surface area contributed by atoms with Crippen LogP contribution in [0.15, 0.2) is 43.0 Å². The monoisotopic (exact) mass is 318 g/mol. The third-order valence-corrected chi connectivity index (χ3v) is 4.91. The predicted octanol–water partition coefficient (Wildman–Crippen LogP) is 4.74. The second-order valence-corrected chi connectivity index (χ2v) is 6.62. The first-order valence-corrected chi connectivity index (χ1v) is 8.73. The van der Waals surface area contributed by atoms with Gasteiger partial charge >= 0.3 is 0 Å². The predicted molar refractivity (Wildman–Crippen MR) is 98.0 cm³/mol. The lowest BCUT2D eigenvalue weighted by Crippen LogP contribution is -2.23. The van der Waals surface area contributed by atoms with E-state index in [1.807, 2.05) is 12.4 Å². The van der Waals surface area contributed by atoms with Crippen molar-refractivity contribution in [3.8, 4) is 11.1 Å². The molecule has 0 atom stereocenters. The van der Waals surface area contributed by atoms with E-state index in [1.165, 1.54) is 48.8 Å². The first-order valence-electron chi connectivity index (χ1n) is 8.73. The quantitative estimate of drug-likeness (QED) is 0.757. The van der Waals surface area contributed by atoms with E-state index in [0.29, 0.717) is 6.04 Å². The maximum atomic E-state index is 4.52. The van der Waals surface area contributed by atoms with Crippen LogP contribution in [0.4, 0.5) is 5.82 Å². The molecule has 0 saturated heterocycles. The Balaban J connectivity index is 1.74. The van der Waals surface area contributed by atoms with Gasteiger partial charge in [-0.25, -0.2) is 9.97 Å². The Morgan fingerprint density at radius 2 is 1.92 bits per heavy atom. The van der Waals surface area contributed by atoms with Crippen molar-refractivity contribution in [2.24, 2.45) is 0 Å². The molecule has 0 bridgehead atoms. The van der Waals surface area contributed by atoms with Crippen molar-refractivity contribution in [2.45, 2.75) is 45.1 Å².